The number of carbonyl (C=O) groups excluding carboxylic acids is 4. The third-order valence-electron chi connectivity index (χ3n) is 12.4. The van der Waals surface area contributed by atoms with E-state index in [0.717, 1.165) is 33.8 Å². The average molecular weight is 1060 g/mol. The molecule has 0 saturated carbocycles. The molecule has 2 fully saturated rings. The summed E-state index contributed by atoms with van der Waals surface area (Å²) in [6.07, 6.45) is -2.75. The van der Waals surface area contributed by atoms with Crippen LogP contribution >= 0.6 is 23.6 Å². The van der Waals surface area contributed by atoms with E-state index in [4.69, 9.17) is 26.4 Å². The molecule has 2 atom stereocenters. The van der Waals surface area contributed by atoms with Crippen LogP contribution in [0.3, 0.4) is 0 Å². The van der Waals surface area contributed by atoms with Gasteiger partial charge in [-0.25, -0.2) is 13.8 Å². The van der Waals surface area contributed by atoms with Crippen LogP contribution in [0.4, 0.5) is 33.3 Å². The number of likely N-dealkylation sites (tertiary alicyclic amines) is 1. The minimum atomic E-state index is -5.23. The van der Waals surface area contributed by atoms with Gasteiger partial charge < -0.3 is 34.6 Å². The Morgan fingerprint density at radius 3 is 2.30 bits per heavy atom. The zero-order chi connectivity index (χ0) is 53.7. The van der Waals surface area contributed by atoms with Gasteiger partial charge in [-0.05, 0) is 105 Å². The van der Waals surface area contributed by atoms with E-state index >= 15 is 8.78 Å². The Balaban J connectivity index is 0.836. The average Bonchev–Trinajstić information content (AvgIpc) is 4.07. The van der Waals surface area contributed by atoms with Crippen LogP contribution in [-0.4, -0.2) is 101 Å². The van der Waals surface area contributed by atoms with Crippen LogP contribution in [0.5, 0.6) is 5.75 Å². The van der Waals surface area contributed by atoms with Crippen LogP contribution < -0.4 is 25.2 Å². The van der Waals surface area contributed by atoms with Gasteiger partial charge >= 0.3 is 6.18 Å². The van der Waals surface area contributed by atoms with Crippen LogP contribution in [0.1, 0.15) is 69.8 Å². The minimum Gasteiger partial charge on any atom is -0.488 e. The lowest BCUT2D eigenvalue weighted by Crippen LogP contribution is -2.58. The first-order valence-electron chi connectivity index (χ1n) is 23.4. The third kappa shape index (κ3) is 12.0. The fourth-order valence-corrected chi connectivity index (χ4v) is 9.92. The number of nitrogens with zero attached hydrogens (tertiary/aromatic N) is 6. The number of carbonyl (C=O) groups is 4. The maximum Gasteiger partial charge on any atom is 0.420 e. The number of aryl methyl sites for hydroxylation is 1. The van der Waals surface area contributed by atoms with Gasteiger partial charge in [0.05, 0.1) is 70.8 Å². The summed E-state index contributed by atoms with van der Waals surface area (Å²) >= 11 is 7.07. The van der Waals surface area contributed by atoms with Crippen molar-refractivity contribution in [3.63, 3.8) is 0 Å². The normalized spacial score (nSPS) is 16.1. The zero-order valence-corrected chi connectivity index (χ0v) is 42.9. The predicted molar refractivity (Wildman–Crippen MR) is 270 cm³/mol. The lowest BCUT2D eigenvalue weighted by Gasteiger charge is -2.35. The smallest absolute Gasteiger partial charge is 0.420 e. The highest BCUT2D eigenvalue weighted by molar-refractivity contribution is 7.81. The van der Waals surface area contributed by atoms with Crippen LogP contribution in [0.25, 0.3) is 21.7 Å². The standard InChI is InChI=1S/C52H53F5N8O7S2/c1-30-44(74-29-61-30)32-11-9-31(10-12-32)26-60-46(67)39-8-7-19-63(39)47(68)45(50(2,3)4)62-41(66)28-71-21-20-70-22-23-72-40-18-14-33(24-36(40)53)37-16-15-35(27-59-37)65-49(73)64(48(69)51(65,5)6)38-17-13-34(25-58)42(43(38)54)52(55,56)57/h9-18,24,27,29,39,45H,7-8,19-23,26,28H2,1-6H3,(H,60,67)(H,62,66). The van der Waals surface area contributed by atoms with Crippen molar-refractivity contribution in [2.45, 2.75) is 84.7 Å². The first kappa shape index (κ1) is 54.8. The number of halogens is 5. The molecule has 2 aliphatic rings. The quantitative estimate of drug-likeness (QED) is 0.0486. The van der Waals surface area contributed by atoms with E-state index in [2.05, 4.69) is 20.6 Å². The van der Waals surface area contributed by atoms with Crippen molar-refractivity contribution in [3.05, 3.63) is 112 Å². The molecular weight excluding hydrogens is 1010 g/mol. The SMILES string of the molecule is Cc1ncsc1-c1ccc(CNC(=O)C2CCCN2C(=O)C(NC(=O)COCCOCCOc2ccc(-c3ccc(N4C(=S)N(c5ccc(C#N)c(C(F)(F)F)c5F)C(=O)C4(C)C)cn3)cc2F)C(C)(C)C)cc1. The van der Waals surface area contributed by atoms with E-state index in [-0.39, 0.29) is 61.4 Å². The number of ether oxygens (including phenoxy) is 3. The number of hydrogen-bond donors (Lipinski definition) is 2. The Bertz CT molecular complexity index is 2960. The van der Waals surface area contributed by atoms with Crippen LogP contribution in [0, 0.1) is 35.3 Å². The fourth-order valence-electron chi connectivity index (χ4n) is 8.59. The van der Waals surface area contributed by atoms with E-state index in [9.17, 15) is 37.6 Å². The van der Waals surface area contributed by atoms with Crippen LogP contribution in [0.2, 0.25) is 0 Å². The molecule has 7 rings (SSSR count). The molecule has 390 valence electrons. The Morgan fingerprint density at radius 1 is 0.959 bits per heavy atom. The second-order valence-corrected chi connectivity index (χ2v) is 20.3. The van der Waals surface area contributed by atoms with E-state index in [1.165, 1.54) is 55.3 Å². The number of amides is 4. The maximum atomic E-state index is 15.4. The summed E-state index contributed by atoms with van der Waals surface area (Å²) in [5.74, 6) is -4.54. The van der Waals surface area contributed by atoms with Gasteiger partial charge in [0, 0.05) is 18.7 Å². The molecule has 0 aliphatic carbocycles. The number of anilines is 2. The number of rotatable bonds is 18. The maximum absolute atomic E-state index is 15.4. The van der Waals surface area contributed by atoms with Crippen LogP contribution in [-0.2, 0) is 41.4 Å². The van der Waals surface area contributed by atoms with E-state index in [0.29, 0.717) is 42.1 Å². The molecule has 22 heteroatoms. The summed E-state index contributed by atoms with van der Waals surface area (Å²) in [5, 5.41) is 14.6. The van der Waals surface area contributed by atoms with Gasteiger partial charge in [-0.1, -0.05) is 45.0 Å². The molecule has 15 nitrogen and oxygen atoms in total. The van der Waals surface area contributed by atoms with Crippen LogP contribution in [0.15, 0.2) is 78.4 Å². The molecule has 2 saturated heterocycles. The first-order valence-corrected chi connectivity index (χ1v) is 24.7. The molecule has 0 radical (unpaired) electrons. The number of benzene rings is 3. The van der Waals surface area contributed by atoms with E-state index in [1.54, 1.807) is 27.8 Å². The van der Waals surface area contributed by atoms with Crippen molar-refractivity contribution in [1.82, 2.24) is 25.5 Å². The second kappa shape index (κ2) is 22.7. The number of thiocarbonyl (C=S) groups is 1. The van der Waals surface area contributed by atoms with Gasteiger partial charge in [-0.3, -0.25) is 29.1 Å². The number of nitrogens with one attached hydrogen (secondary N) is 2. The molecule has 3 aromatic carbocycles. The summed E-state index contributed by atoms with van der Waals surface area (Å²) < 4.78 is 88.6. The monoisotopic (exact) mass is 1060 g/mol. The minimum absolute atomic E-state index is 0.0271. The Kier molecular flexibility index (Phi) is 16.8. The molecule has 74 heavy (non-hydrogen) atoms. The number of thiazole rings is 1. The molecule has 2 aliphatic heterocycles. The highest BCUT2D eigenvalue weighted by Crippen LogP contribution is 2.42. The topological polar surface area (TPSA) is 179 Å². The summed E-state index contributed by atoms with van der Waals surface area (Å²) in [7, 11) is 0. The number of alkyl halides is 3. The molecule has 4 amide bonds. The van der Waals surface area contributed by atoms with Gasteiger partial charge in [-0.2, -0.15) is 18.4 Å². The lowest BCUT2D eigenvalue weighted by molar-refractivity contribution is -0.144. The fraction of sp³-hybridized carbons (Fsp3) is 0.385. The molecule has 2 unspecified atom stereocenters. The highest BCUT2D eigenvalue weighted by atomic mass is 32.1. The third-order valence-corrected chi connectivity index (χ3v) is 13.8. The van der Waals surface area contributed by atoms with E-state index in [1.807, 2.05) is 52.0 Å². The molecule has 2 aromatic heterocycles. The van der Waals surface area contributed by atoms with Crippen molar-refractivity contribution < 1.29 is 55.3 Å². The number of nitriles is 1. The Hall–Kier alpha value is -6.93. The van der Waals surface area contributed by atoms with Crippen molar-refractivity contribution in [1.29, 1.82) is 5.26 Å². The van der Waals surface area contributed by atoms with Crippen molar-refractivity contribution >= 4 is 63.7 Å². The zero-order valence-electron chi connectivity index (χ0n) is 41.3. The van der Waals surface area contributed by atoms with Crippen molar-refractivity contribution in [2.75, 3.05) is 49.4 Å². The summed E-state index contributed by atoms with van der Waals surface area (Å²) in [6.45, 7) is 10.8. The Morgan fingerprint density at radius 2 is 1.66 bits per heavy atom. The number of hydrogen-bond acceptors (Lipinski definition) is 12. The van der Waals surface area contributed by atoms with E-state index < -0.39 is 69.5 Å². The highest BCUT2D eigenvalue weighted by Gasteiger charge is 2.52. The summed E-state index contributed by atoms with van der Waals surface area (Å²) in [6, 6.07) is 16.5. The predicted octanol–water partition coefficient (Wildman–Crippen LogP) is 8.52. The van der Waals surface area contributed by atoms with Crippen molar-refractivity contribution in [3.8, 4) is 33.5 Å². The number of pyridine rings is 1. The second-order valence-electron chi connectivity index (χ2n) is 19.0. The first-order chi connectivity index (χ1) is 35.0. The van der Waals surface area contributed by atoms with Gasteiger partial charge in [0.1, 0.15) is 36.4 Å². The summed E-state index contributed by atoms with van der Waals surface area (Å²) in [4.78, 5) is 67.2. The molecule has 5 aromatic rings. The van der Waals surface area contributed by atoms with Gasteiger partial charge in [0.15, 0.2) is 22.5 Å². The summed E-state index contributed by atoms with van der Waals surface area (Å²) in [5.41, 5.74) is -0.0752. The van der Waals surface area contributed by atoms with Gasteiger partial charge in [-0.15, -0.1) is 11.3 Å². The molecule has 4 heterocycles. The largest absolute Gasteiger partial charge is 0.488 e. The van der Waals surface area contributed by atoms with Gasteiger partial charge in [0.25, 0.3) is 5.91 Å². The molecular formula is C52H53F5N8O7S2. The molecule has 0 spiro atoms. The van der Waals surface area contributed by atoms with Crippen molar-refractivity contribution in [2.24, 2.45) is 5.41 Å². The lowest BCUT2D eigenvalue weighted by atomic mass is 9.85. The molecule has 2 N–H and O–H groups in total. The van der Waals surface area contributed by atoms with Gasteiger partial charge in [0.2, 0.25) is 17.7 Å². The Labute approximate surface area is 433 Å². The molecule has 0 bridgehead atoms. The number of aromatic nitrogens is 2.